The van der Waals surface area contributed by atoms with Crippen LogP contribution in [0.5, 0.6) is 0 Å². The third kappa shape index (κ3) is 3.53. The van der Waals surface area contributed by atoms with Crippen molar-refractivity contribution >= 4 is 51.1 Å². The molecule has 8 heteroatoms. The minimum Gasteiger partial charge on any atom is -0.378 e. The van der Waals surface area contributed by atoms with E-state index in [1.807, 2.05) is 0 Å². The van der Waals surface area contributed by atoms with Crippen LogP contribution in [0.4, 0.5) is 10.7 Å². The summed E-state index contributed by atoms with van der Waals surface area (Å²) in [4.78, 5) is 20.7. The number of benzene rings is 1. The van der Waals surface area contributed by atoms with E-state index in [1.165, 1.54) is 16.2 Å². The Morgan fingerprint density at radius 1 is 1.31 bits per heavy atom. The zero-order valence-corrected chi connectivity index (χ0v) is 16.7. The maximum absolute atomic E-state index is 12.8. The van der Waals surface area contributed by atoms with Crippen LogP contribution in [0.3, 0.4) is 0 Å². The van der Waals surface area contributed by atoms with E-state index in [1.54, 1.807) is 32.3 Å². The van der Waals surface area contributed by atoms with Crippen molar-refractivity contribution in [2.24, 2.45) is 0 Å². The molecule has 26 heavy (non-hydrogen) atoms. The molecule has 3 rings (SSSR count). The SMILES string of the molecule is [C-]#[N+]c1c(N2CCOCC2)sc(C(=O)N(C)C)c1-c1ccc(Cl)cc1Cl. The Morgan fingerprint density at radius 2 is 2.00 bits per heavy atom. The van der Waals surface area contributed by atoms with Gasteiger partial charge in [0, 0.05) is 42.8 Å². The van der Waals surface area contributed by atoms with Crippen molar-refractivity contribution in [1.82, 2.24) is 4.90 Å². The number of hydrogen-bond donors (Lipinski definition) is 0. The maximum Gasteiger partial charge on any atom is 0.262 e. The topological polar surface area (TPSA) is 37.1 Å². The van der Waals surface area contributed by atoms with Gasteiger partial charge >= 0.3 is 0 Å². The van der Waals surface area contributed by atoms with E-state index in [0.29, 0.717) is 58.0 Å². The highest BCUT2D eigenvalue weighted by Crippen LogP contribution is 2.50. The molecule has 5 nitrogen and oxygen atoms in total. The standard InChI is InChI=1S/C18H17Cl2N3O2S/c1-21-15-14(12-5-4-11(19)10-13(12)20)16(17(24)22(2)3)26-18(15)23-6-8-25-9-7-23/h4-5,10H,6-9H2,2-3H3. The number of anilines is 1. The molecule has 1 amide bonds. The summed E-state index contributed by atoms with van der Waals surface area (Å²) in [5, 5.41) is 1.71. The van der Waals surface area contributed by atoms with Gasteiger partial charge in [-0.1, -0.05) is 29.3 Å². The second-order valence-corrected chi connectivity index (χ2v) is 7.84. The van der Waals surface area contributed by atoms with E-state index in [2.05, 4.69) is 9.74 Å². The lowest BCUT2D eigenvalue weighted by molar-refractivity contribution is 0.0833. The summed E-state index contributed by atoms with van der Waals surface area (Å²) in [5.74, 6) is -0.152. The van der Waals surface area contributed by atoms with E-state index in [9.17, 15) is 4.79 Å². The van der Waals surface area contributed by atoms with Crippen molar-refractivity contribution in [3.63, 3.8) is 0 Å². The largest absolute Gasteiger partial charge is 0.378 e. The van der Waals surface area contributed by atoms with E-state index < -0.39 is 0 Å². The van der Waals surface area contributed by atoms with Gasteiger partial charge in [-0.2, -0.15) is 0 Å². The fourth-order valence-corrected chi connectivity index (χ4v) is 4.62. The zero-order chi connectivity index (χ0) is 18.8. The van der Waals surface area contributed by atoms with Gasteiger partial charge in [0.25, 0.3) is 5.91 Å². The highest BCUT2D eigenvalue weighted by atomic mass is 35.5. The van der Waals surface area contributed by atoms with Gasteiger partial charge in [0.2, 0.25) is 5.69 Å². The molecule has 0 atom stereocenters. The first kappa shape index (κ1) is 19.0. The Balaban J connectivity index is 2.24. The van der Waals surface area contributed by atoms with Gasteiger partial charge in [-0.05, 0) is 17.7 Å². The van der Waals surface area contributed by atoms with E-state index in [0.717, 1.165) is 5.00 Å². The molecule has 0 saturated carbocycles. The molecular formula is C18H17Cl2N3O2S. The molecule has 0 radical (unpaired) electrons. The molecule has 1 aliphatic heterocycles. The van der Waals surface area contributed by atoms with Crippen LogP contribution in [0.2, 0.25) is 10.0 Å². The average molecular weight is 410 g/mol. The van der Waals surface area contributed by atoms with Crippen molar-refractivity contribution in [3.05, 3.63) is 44.5 Å². The first-order chi connectivity index (χ1) is 12.4. The number of carbonyl (C=O) groups is 1. The van der Waals surface area contributed by atoms with Gasteiger partial charge in [0.1, 0.15) is 0 Å². The van der Waals surface area contributed by atoms with E-state index in [4.69, 9.17) is 34.5 Å². The summed E-state index contributed by atoms with van der Waals surface area (Å²) in [5.41, 5.74) is 1.67. The summed E-state index contributed by atoms with van der Waals surface area (Å²) in [6.07, 6.45) is 0. The highest BCUT2D eigenvalue weighted by Gasteiger charge is 2.29. The summed E-state index contributed by atoms with van der Waals surface area (Å²) in [7, 11) is 3.39. The number of morpholine rings is 1. The predicted octanol–water partition coefficient (Wildman–Crippen LogP) is 4.81. The minimum atomic E-state index is -0.152. The third-order valence-corrected chi connectivity index (χ3v) is 5.85. The smallest absolute Gasteiger partial charge is 0.262 e. The zero-order valence-electron chi connectivity index (χ0n) is 14.4. The fourth-order valence-electron chi connectivity index (χ4n) is 2.79. The summed E-state index contributed by atoms with van der Waals surface area (Å²) in [6.45, 7) is 10.3. The van der Waals surface area contributed by atoms with Crippen molar-refractivity contribution < 1.29 is 9.53 Å². The lowest BCUT2D eigenvalue weighted by Gasteiger charge is -2.28. The lowest BCUT2D eigenvalue weighted by Crippen LogP contribution is -2.35. The van der Waals surface area contributed by atoms with Crippen LogP contribution in [0.1, 0.15) is 9.67 Å². The maximum atomic E-state index is 12.8. The number of rotatable bonds is 3. The molecule has 1 aliphatic rings. The Labute approximate surface area is 166 Å². The second kappa shape index (κ2) is 7.85. The number of ether oxygens (including phenoxy) is 1. The minimum absolute atomic E-state index is 0.152. The highest BCUT2D eigenvalue weighted by molar-refractivity contribution is 7.19. The number of thiophene rings is 1. The number of carbonyl (C=O) groups excluding carboxylic acids is 1. The Morgan fingerprint density at radius 3 is 2.58 bits per heavy atom. The van der Waals surface area contributed by atoms with Crippen molar-refractivity contribution in [1.29, 1.82) is 0 Å². The molecule has 136 valence electrons. The average Bonchev–Trinajstić information content (AvgIpc) is 3.01. The van der Waals surface area contributed by atoms with Crippen LogP contribution >= 0.6 is 34.5 Å². The van der Waals surface area contributed by atoms with Crippen LogP contribution < -0.4 is 4.90 Å². The van der Waals surface area contributed by atoms with Crippen LogP contribution in [0.25, 0.3) is 16.0 Å². The molecule has 0 bridgehead atoms. The second-order valence-electron chi connectivity index (χ2n) is 5.99. The van der Waals surface area contributed by atoms with Crippen LogP contribution in [0.15, 0.2) is 18.2 Å². The Kier molecular flexibility index (Phi) is 5.73. The predicted molar refractivity (Wildman–Crippen MR) is 107 cm³/mol. The number of halogens is 2. The molecule has 2 heterocycles. The van der Waals surface area contributed by atoms with Crippen LogP contribution in [-0.2, 0) is 4.74 Å². The summed E-state index contributed by atoms with van der Waals surface area (Å²) in [6, 6.07) is 5.10. The fraction of sp³-hybridized carbons (Fsp3) is 0.333. The van der Waals surface area contributed by atoms with Gasteiger partial charge in [-0.25, -0.2) is 4.85 Å². The molecule has 0 aliphatic carbocycles. The van der Waals surface area contributed by atoms with Gasteiger partial charge in [0.05, 0.1) is 29.7 Å². The molecule has 1 saturated heterocycles. The number of amides is 1. The van der Waals surface area contributed by atoms with Crippen molar-refractivity contribution in [2.75, 3.05) is 45.3 Å². The summed E-state index contributed by atoms with van der Waals surface area (Å²) >= 11 is 13.8. The van der Waals surface area contributed by atoms with E-state index in [-0.39, 0.29) is 5.91 Å². The molecule has 0 spiro atoms. The Hall–Kier alpha value is -1.78. The van der Waals surface area contributed by atoms with Gasteiger partial charge in [-0.15, -0.1) is 11.3 Å². The quantitative estimate of drug-likeness (QED) is 0.682. The molecule has 0 N–H and O–H groups in total. The van der Waals surface area contributed by atoms with Crippen molar-refractivity contribution in [2.45, 2.75) is 0 Å². The molecule has 1 aromatic carbocycles. The normalized spacial score (nSPS) is 14.2. The van der Waals surface area contributed by atoms with Gasteiger partial charge < -0.3 is 14.5 Å². The monoisotopic (exact) mass is 409 g/mol. The number of nitrogens with zero attached hydrogens (tertiary/aromatic N) is 3. The molecule has 1 aromatic heterocycles. The lowest BCUT2D eigenvalue weighted by atomic mass is 10.0. The van der Waals surface area contributed by atoms with Crippen molar-refractivity contribution in [3.8, 4) is 11.1 Å². The third-order valence-electron chi connectivity index (χ3n) is 4.08. The van der Waals surface area contributed by atoms with Gasteiger partial charge in [0.15, 0.2) is 0 Å². The molecule has 2 aromatic rings. The Bertz CT molecular complexity index is 883. The molecular weight excluding hydrogens is 393 g/mol. The van der Waals surface area contributed by atoms with E-state index >= 15 is 0 Å². The molecule has 1 fully saturated rings. The molecule has 0 unspecified atom stereocenters. The van der Waals surface area contributed by atoms with Gasteiger partial charge in [-0.3, -0.25) is 4.79 Å². The first-order valence-electron chi connectivity index (χ1n) is 7.98. The first-order valence-corrected chi connectivity index (χ1v) is 9.55. The van der Waals surface area contributed by atoms with Crippen LogP contribution in [0, 0.1) is 6.57 Å². The number of hydrogen-bond acceptors (Lipinski definition) is 4. The van der Waals surface area contributed by atoms with Crippen LogP contribution in [-0.4, -0.2) is 51.2 Å². The summed E-state index contributed by atoms with van der Waals surface area (Å²) < 4.78 is 5.41.